The first-order valence-corrected chi connectivity index (χ1v) is 10.1. The number of sulfonamides is 1. The summed E-state index contributed by atoms with van der Waals surface area (Å²) >= 11 is 3.19. The molecule has 136 valence electrons. The minimum absolute atomic E-state index is 0.170. The summed E-state index contributed by atoms with van der Waals surface area (Å²) in [5, 5.41) is 3.74. The monoisotopic (exact) mass is 431 g/mol. The normalized spacial score (nSPS) is 17.1. The first-order valence-electron chi connectivity index (χ1n) is 7.88. The first kappa shape index (κ1) is 18.5. The van der Waals surface area contributed by atoms with Crippen LogP contribution in [0.5, 0.6) is 0 Å². The van der Waals surface area contributed by atoms with Crippen molar-refractivity contribution in [3.05, 3.63) is 45.5 Å². The van der Waals surface area contributed by atoms with Crippen molar-refractivity contribution in [3.8, 4) is 0 Å². The predicted molar refractivity (Wildman–Crippen MR) is 94.1 cm³/mol. The van der Waals surface area contributed by atoms with E-state index in [-0.39, 0.29) is 10.7 Å². The average Bonchev–Trinajstić information content (AvgIpc) is 2.91. The number of benzene rings is 1. The molecule has 2 heterocycles. The third kappa shape index (κ3) is 3.79. The molecule has 0 N–H and O–H groups in total. The highest BCUT2D eigenvalue weighted by Crippen LogP contribution is 2.25. The van der Waals surface area contributed by atoms with Gasteiger partial charge in [-0.05, 0) is 47.5 Å². The summed E-state index contributed by atoms with van der Waals surface area (Å²) in [5.74, 6) is 0.0233. The molecule has 1 aromatic carbocycles. The Morgan fingerprint density at radius 2 is 1.92 bits per heavy atom. The summed E-state index contributed by atoms with van der Waals surface area (Å²) in [6.45, 7) is 5.90. The van der Waals surface area contributed by atoms with Gasteiger partial charge in [0.1, 0.15) is 16.4 Å². The summed E-state index contributed by atoms with van der Waals surface area (Å²) in [7, 11) is -3.60. The van der Waals surface area contributed by atoms with E-state index in [0.29, 0.717) is 48.7 Å². The van der Waals surface area contributed by atoms with E-state index < -0.39 is 10.0 Å². The van der Waals surface area contributed by atoms with Crippen LogP contribution in [-0.2, 0) is 16.6 Å². The van der Waals surface area contributed by atoms with E-state index in [4.69, 9.17) is 4.52 Å². The average molecular weight is 432 g/mol. The molecule has 0 aliphatic carbocycles. The minimum atomic E-state index is -3.60. The van der Waals surface area contributed by atoms with E-state index >= 15 is 0 Å². The Kier molecular flexibility index (Phi) is 5.29. The van der Waals surface area contributed by atoms with Gasteiger partial charge in [-0.1, -0.05) is 11.2 Å². The summed E-state index contributed by atoms with van der Waals surface area (Å²) in [5.41, 5.74) is 1.37. The molecule has 0 unspecified atom stereocenters. The lowest BCUT2D eigenvalue weighted by atomic mass is 10.2. The number of aryl methyl sites for hydroxylation is 2. The van der Waals surface area contributed by atoms with Gasteiger partial charge in [0, 0.05) is 32.7 Å². The Labute approximate surface area is 154 Å². The maximum absolute atomic E-state index is 13.3. The first-order chi connectivity index (χ1) is 11.8. The smallest absolute Gasteiger partial charge is 0.248 e. The Hall–Kier alpha value is -1.29. The van der Waals surface area contributed by atoms with Gasteiger partial charge in [0.15, 0.2) is 5.76 Å². The second-order valence-corrected chi connectivity index (χ2v) is 8.81. The summed E-state index contributed by atoms with van der Waals surface area (Å²) in [6.07, 6.45) is 0. The standard InChI is InChI=1S/C16H19BrFN3O3S/c1-11-16(12(2)24-19-11)25(22,23)21-7-5-20(6-8-21)10-13-3-4-15(18)14(17)9-13/h3-4,9H,5-8,10H2,1-2H3. The summed E-state index contributed by atoms with van der Waals surface area (Å²) in [6, 6.07) is 4.92. The molecule has 1 saturated heterocycles. The van der Waals surface area contributed by atoms with Crippen molar-refractivity contribution in [1.29, 1.82) is 0 Å². The van der Waals surface area contributed by atoms with Gasteiger partial charge in [-0.3, -0.25) is 4.90 Å². The van der Waals surface area contributed by atoms with Gasteiger partial charge in [0.05, 0.1) is 4.47 Å². The molecule has 0 radical (unpaired) electrons. The van der Waals surface area contributed by atoms with Crippen LogP contribution in [0.3, 0.4) is 0 Å². The molecule has 6 nitrogen and oxygen atoms in total. The largest absolute Gasteiger partial charge is 0.360 e. The van der Waals surface area contributed by atoms with Crippen molar-refractivity contribution in [2.75, 3.05) is 26.2 Å². The molecule has 1 aliphatic rings. The Morgan fingerprint density at radius 3 is 2.48 bits per heavy atom. The molecule has 9 heteroatoms. The summed E-state index contributed by atoms with van der Waals surface area (Å²) in [4.78, 5) is 2.32. The van der Waals surface area contributed by atoms with Gasteiger partial charge < -0.3 is 4.52 Å². The predicted octanol–water partition coefficient (Wildman–Crippen LogP) is 2.70. The van der Waals surface area contributed by atoms with Crippen LogP contribution in [-0.4, -0.2) is 49.0 Å². The van der Waals surface area contributed by atoms with Crippen molar-refractivity contribution < 1.29 is 17.3 Å². The van der Waals surface area contributed by atoms with Crippen molar-refractivity contribution >= 4 is 26.0 Å². The fraction of sp³-hybridized carbons (Fsp3) is 0.438. The lowest BCUT2D eigenvalue weighted by Crippen LogP contribution is -2.48. The number of hydrogen-bond donors (Lipinski definition) is 0. The van der Waals surface area contributed by atoms with Crippen LogP contribution in [0, 0.1) is 19.7 Å². The minimum Gasteiger partial charge on any atom is -0.360 e. The van der Waals surface area contributed by atoms with Gasteiger partial charge in [-0.25, -0.2) is 12.8 Å². The van der Waals surface area contributed by atoms with Crippen LogP contribution in [0.25, 0.3) is 0 Å². The van der Waals surface area contributed by atoms with Crippen LogP contribution in [0.1, 0.15) is 17.0 Å². The molecule has 0 spiro atoms. The van der Waals surface area contributed by atoms with Crippen molar-refractivity contribution in [2.24, 2.45) is 0 Å². The van der Waals surface area contributed by atoms with Crippen molar-refractivity contribution in [2.45, 2.75) is 25.3 Å². The fourth-order valence-electron chi connectivity index (χ4n) is 3.00. The molecule has 0 saturated carbocycles. The second kappa shape index (κ2) is 7.14. The highest BCUT2D eigenvalue weighted by atomic mass is 79.9. The lowest BCUT2D eigenvalue weighted by Gasteiger charge is -2.33. The third-order valence-corrected chi connectivity index (χ3v) is 7.04. The Bertz CT molecular complexity index is 857. The van der Waals surface area contributed by atoms with Gasteiger partial charge in [-0.15, -0.1) is 0 Å². The maximum atomic E-state index is 13.3. The SMILES string of the molecule is Cc1noc(C)c1S(=O)(=O)N1CCN(Cc2ccc(F)c(Br)c2)CC1. The number of hydrogen-bond acceptors (Lipinski definition) is 5. The van der Waals surface area contributed by atoms with Gasteiger partial charge in [-0.2, -0.15) is 4.31 Å². The number of halogens is 2. The zero-order valence-electron chi connectivity index (χ0n) is 14.0. The molecule has 0 atom stereocenters. The van der Waals surface area contributed by atoms with E-state index in [9.17, 15) is 12.8 Å². The van der Waals surface area contributed by atoms with Crippen LogP contribution in [0.15, 0.2) is 32.1 Å². The molecule has 2 aromatic rings. The van der Waals surface area contributed by atoms with E-state index in [2.05, 4.69) is 26.0 Å². The van der Waals surface area contributed by atoms with Crippen molar-refractivity contribution in [1.82, 2.24) is 14.4 Å². The van der Waals surface area contributed by atoms with Crippen LogP contribution in [0.4, 0.5) is 4.39 Å². The van der Waals surface area contributed by atoms with E-state index in [1.54, 1.807) is 26.0 Å². The molecule has 0 amide bonds. The van der Waals surface area contributed by atoms with Gasteiger partial charge in [0.25, 0.3) is 0 Å². The fourth-order valence-corrected chi connectivity index (χ4v) is 5.14. The maximum Gasteiger partial charge on any atom is 0.248 e. The van der Waals surface area contributed by atoms with Crippen LogP contribution >= 0.6 is 15.9 Å². The molecule has 1 aromatic heterocycles. The molecular weight excluding hydrogens is 413 g/mol. The van der Waals surface area contributed by atoms with Crippen LogP contribution in [0.2, 0.25) is 0 Å². The highest BCUT2D eigenvalue weighted by molar-refractivity contribution is 9.10. The molecule has 3 rings (SSSR count). The van der Waals surface area contributed by atoms with E-state index in [1.165, 1.54) is 10.4 Å². The van der Waals surface area contributed by atoms with E-state index in [0.717, 1.165) is 5.56 Å². The zero-order chi connectivity index (χ0) is 18.2. The third-order valence-electron chi connectivity index (χ3n) is 4.29. The number of piperazine rings is 1. The number of nitrogens with zero attached hydrogens (tertiary/aromatic N) is 3. The molecule has 1 aliphatic heterocycles. The van der Waals surface area contributed by atoms with Crippen LogP contribution < -0.4 is 0 Å². The second-order valence-electron chi connectivity index (χ2n) is 6.08. The quantitative estimate of drug-likeness (QED) is 0.744. The molecule has 25 heavy (non-hydrogen) atoms. The number of aromatic nitrogens is 1. The van der Waals surface area contributed by atoms with Gasteiger partial charge in [0.2, 0.25) is 10.0 Å². The Balaban J connectivity index is 1.66. The lowest BCUT2D eigenvalue weighted by molar-refractivity contribution is 0.181. The topological polar surface area (TPSA) is 66.7 Å². The van der Waals surface area contributed by atoms with Crippen molar-refractivity contribution in [3.63, 3.8) is 0 Å². The number of rotatable bonds is 4. The molecule has 1 fully saturated rings. The Morgan fingerprint density at radius 1 is 1.24 bits per heavy atom. The molecule has 0 bridgehead atoms. The molecular formula is C16H19BrFN3O3S. The zero-order valence-corrected chi connectivity index (χ0v) is 16.4. The van der Waals surface area contributed by atoms with E-state index in [1.807, 2.05) is 0 Å². The summed E-state index contributed by atoms with van der Waals surface area (Å²) < 4.78 is 45.8. The van der Waals surface area contributed by atoms with Gasteiger partial charge >= 0.3 is 0 Å². The highest BCUT2D eigenvalue weighted by Gasteiger charge is 2.33.